The molecular formula is C31H40F4N2O3. The second-order valence-corrected chi connectivity index (χ2v) is 14.0. The van der Waals surface area contributed by atoms with Gasteiger partial charge in [0.05, 0.1) is 12.2 Å². The number of aryl methyl sites for hydroxylation is 1. The van der Waals surface area contributed by atoms with E-state index in [1.54, 1.807) is 0 Å². The topological polar surface area (TPSA) is 86.2 Å². The number of aliphatic hydroxyl groups excluding tert-OH is 2. The van der Waals surface area contributed by atoms with Gasteiger partial charge in [-0.2, -0.15) is 0 Å². The maximum Gasteiger partial charge on any atom is 0.261 e. The predicted octanol–water partition coefficient (Wildman–Crippen LogP) is 6.04. The molecule has 9 heteroatoms. The van der Waals surface area contributed by atoms with E-state index in [9.17, 15) is 32.6 Å². The molecule has 1 aromatic carbocycles. The maximum atomic E-state index is 14.4. The number of rotatable bonds is 4. The number of aromatic nitrogens is 2. The molecule has 1 heterocycles. The van der Waals surface area contributed by atoms with Gasteiger partial charge < -0.3 is 15.2 Å². The number of hydrogen-bond acceptors (Lipinski definition) is 4. The highest BCUT2D eigenvalue weighted by Crippen LogP contribution is 2.68. The van der Waals surface area contributed by atoms with Crippen molar-refractivity contribution in [2.75, 3.05) is 0 Å². The summed E-state index contributed by atoms with van der Waals surface area (Å²) in [5.41, 5.74) is -1.58. The lowest BCUT2D eigenvalue weighted by Crippen LogP contribution is -2.58. The number of nitrogens with one attached hydrogen (secondary N) is 1. The predicted molar refractivity (Wildman–Crippen MR) is 142 cm³/mol. The molecule has 4 fully saturated rings. The molecule has 220 valence electrons. The molecule has 0 aliphatic heterocycles. The Kier molecular flexibility index (Phi) is 6.88. The Hall–Kier alpha value is -2.00. The number of benzene rings is 1. The standard InChI is InChI=1S/C31H40F4N2O3/c1-14(4-7-21-36-28-23(29(40)37-21)24(32)25(33)26(34)27(28)35)17-5-6-18-22-19(9-11-31(17,18)3)30(2)10-8-16(38)12-15(30)13-20(22)39/h14-20,22,38-39H,4-13H2,1-3H3,(H,36,37,40)/t14-,15+,16-,17-,18+,19?,20-,22+,30+,31-/m1/s1. The lowest BCUT2D eigenvalue weighted by molar-refractivity contribution is -0.174. The molecule has 1 unspecified atom stereocenters. The quantitative estimate of drug-likeness (QED) is 0.240. The fraction of sp³-hybridized carbons (Fsp3) is 0.742. The molecule has 0 radical (unpaired) electrons. The molecule has 2 aromatic rings. The summed E-state index contributed by atoms with van der Waals surface area (Å²) in [7, 11) is 0. The van der Waals surface area contributed by atoms with Crippen LogP contribution in [-0.2, 0) is 6.42 Å². The van der Waals surface area contributed by atoms with Crippen LogP contribution >= 0.6 is 0 Å². The summed E-state index contributed by atoms with van der Waals surface area (Å²) in [5, 5.41) is 20.8. The van der Waals surface area contributed by atoms with E-state index in [0.717, 1.165) is 51.4 Å². The van der Waals surface area contributed by atoms with Crippen LogP contribution in [0.1, 0.15) is 84.4 Å². The van der Waals surface area contributed by atoms with E-state index < -0.39 is 39.7 Å². The lowest BCUT2D eigenvalue weighted by atomic mass is 9.43. The van der Waals surface area contributed by atoms with Crippen molar-refractivity contribution in [3.63, 3.8) is 0 Å². The van der Waals surface area contributed by atoms with Crippen LogP contribution in [-0.4, -0.2) is 32.4 Å². The molecule has 4 aliphatic rings. The first-order chi connectivity index (χ1) is 18.9. The van der Waals surface area contributed by atoms with Crippen LogP contribution < -0.4 is 5.56 Å². The molecule has 3 N–H and O–H groups in total. The Labute approximate surface area is 231 Å². The molecule has 6 rings (SSSR count). The summed E-state index contributed by atoms with van der Waals surface area (Å²) in [6.07, 6.45) is 8.03. The molecule has 1 aromatic heterocycles. The fourth-order valence-electron chi connectivity index (χ4n) is 10.1. The minimum atomic E-state index is -2.02. The molecule has 10 atom stereocenters. The Morgan fingerprint density at radius 1 is 0.925 bits per heavy atom. The zero-order valence-electron chi connectivity index (χ0n) is 23.5. The Morgan fingerprint density at radius 2 is 1.60 bits per heavy atom. The van der Waals surface area contributed by atoms with Gasteiger partial charge in [-0.1, -0.05) is 20.8 Å². The first kappa shape index (κ1) is 28.1. The van der Waals surface area contributed by atoms with Crippen LogP contribution in [0.3, 0.4) is 0 Å². The average molecular weight is 565 g/mol. The SMILES string of the molecule is C[C@H](CCc1nc2c(F)c(F)c(F)c(F)c2c(=O)[nH]1)[C@H]1CC[C@H]2[C@H]3C(CC[C@]12C)[C@@]1(C)CC[C@@H](O)C[C@H]1C[C@H]3O. The summed E-state index contributed by atoms with van der Waals surface area (Å²) < 4.78 is 56.0. The van der Waals surface area contributed by atoms with Crippen LogP contribution in [0.25, 0.3) is 10.9 Å². The number of aliphatic hydroxyl groups is 2. The highest BCUT2D eigenvalue weighted by Gasteiger charge is 2.62. The van der Waals surface area contributed by atoms with Crippen molar-refractivity contribution in [3.05, 3.63) is 39.4 Å². The van der Waals surface area contributed by atoms with E-state index in [1.165, 1.54) is 0 Å². The molecular weight excluding hydrogens is 524 g/mol. The van der Waals surface area contributed by atoms with Gasteiger partial charge >= 0.3 is 0 Å². The zero-order chi connectivity index (χ0) is 28.7. The van der Waals surface area contributed by atoms with Crippen molar-refractivity contribution in [1.82, 2.24) is 9.97 Å². The van der Waals surface area contributed by atoms with Gasteiger partial charge in [0.15, 0.2) is 23.3 Å². The van der Waals surface area contributed by atoms with Crippen molar-refractivity contribution >= 4 is 10.9 Å². The molecule has 0 saturated heterocycles. The minimum absolute atomic E-state index is 0.0685. The Morgan fingerprint density at radius 3 is 2.35 bits per heavy atom. The first-order valence-electron chi connectivity index (χ1n) is 15.0. The van der Waals surface area contributed by atoms with Crippen LogP contribution in [0.15, 0.2) is 4.79 Å². The molecule has 4 saturated carbocycles. The summed E-state index contributed by atoms with van der Waals surface area (Å²) in [6, 6.07) is 0. The van der Waals surface area contributed by atoms with E-state index >= 15 is 0 Å². The number of H-pyrrole nitrogens is 1. The monoisotopic (exact) mass is 564 g/mol. The van der Waals surface area contributed by atoms with Gasteiger partial charge in [-0.3, -0.25) is 4.79 Å². The number of nitrogens with zero attached hydrogens (tertiary/aromatic N) is 1. The van der Waals surface area contributed by atoms with Crippen LogP contribution in [0, 0.1) is 69.6 Å². The highest BCUT2D eigenvalue weighted by atomic mass is 19.2. The van der Waals surface area contributed by atoms with Crippen molar-refractivity contribution in [1.29, 1.82) is 0 Å². The van der Waals surface area contributed by atoms with Crippen molar-refractivity contribution < 1.29 is 27.8 Å². The number of fused-ring (bicyclic) bond motifs is 6. The van der Waals surface area contributed by atoms with Gasteiger partial charge in [0.1, 0.15) is 16.7 Å². The molecule has 5 nitrogen and oxygen atoms in total. The van der Waals surface area contributed by atoms with Crippen molar-refractivity contribution in [2.45, 2.75) is 97.2 Å². The second-order valence-electron chi connectivity index (χ2n) is 14.0. The largest absolute Gasteiger partial charge is 0.393 e. The van der Waals surface area contributed by atoms with Crippen molar-refractivity contribution in [2.24, 2.45) is 46.3 Å². The first-order valence-corrected chi connectivity index (χ1v) is 15.0. The highest BCUT2D eigenvalue weighted by molar-refractivity contribution is 5.79. The number of hydrogen-bond donors (Lipinski definition) is 3. The van der Waals surface area contributed by atoms with Crippen LogP contribution in [0.5, 0.6) is 0 Å². The summed E-state index contributed by atoms with van der Waals surface area (Å²) in [4.78, 5) is 18.9. The fourth-order valence-corrected chi connectivity index (χ4v) is 10.1. The van der Waals surface area contributed by atoms with Gasteiger partial charge in [0.25, 0.3) is 5.56 Å². The van der Waals surface area contributed by atoms with Crippen LogP contribution in [0.2, 0.25) is 0 Å². The lowest BCUT2D eigenvalue weighted by Gasteiger charge is -2.62. The van der Waals surface area contributed by atoms with E-state index in [-0.39, 0.29) is 40.7 Å². The molecule has 0 bridgehead atoms. The molecule has 0 spiro atoms. The molecule has 4 aliphatic carbocycles. The second kappa shape index (κ2) is 9.79. The van der Waals surface area contributed by atoms with Gasteiger partial charge in [-0.15, -0.1) is 0 Å². The number of halogens is 4. The van der Waals surface area contributed by atoms with Gasteiger partial charge in [-0.25, -0.2) is 22.5 Å². The summed E-state index contributed by atoms with van der Waals surface area (Å²) in [6.45, 7) is 6.95. The number of aromatic amines is 1. The molecule has 0 amide bonds. The van der Waals surface area contributed by atoms with Crippen molar-refractivity contribution in [3.8, 4) is 0 Å². The average Bonchev–Trinajstić information content (AvgIpc) is 3.27. The maximum absolute atomic E-state index is 14.4. The normalized spacial score (nSPS) is 40.0. The smallest absolute Gasteiger partial charge is 0.261 e. The Balaban J connectivity index is 1.20. The van der Waals surface area contributed by atoms with E-state index in [1.807, 2.05) is 0 Å². The summed E-state index contributed by atoms with van der Waals surface area (Å²) >= 11 is 0. The third-order valence-electron chi connectivity index (χ3n) is 12.2. The zero-order valence-corrected chi connectivity index (χ0v) is 23.5. The van der Waals surface area contributed by atoms with Gasteiger partial charge in [-0.05, 0) is 104 Å². The van der Waals surface area contributed by atoms with E-state index in [2.05, 4.69) is 30.7 Å². The molecule has 40 heavy (non-hydrogen) atoms. The van der Waals surface area contributed by atoms with E-state index in [4.69, 9.17) is 0 Å². The van der Waals surface area contributed by atoms with E-state index in [0.29, 0.717) is 36.5 Å². The third kappa shape index (κ3) is 4.08. The van der Waals surface area contributed by atoms with Gasteiger partial charge in [0, 0.05) is 6.42 Å². The van der Waals surface area contributed by atoms with Gasteiger partial charge in [0.2, 0.25) is 0 Å². The minimum Gasteiger partial charge on any atom is -0.393 e. The third-order valence-corrected chi connectivity index (χ3v) is 12.2. The Bertz CT molecular complexity index is 1380. The van der Waals surface area contributed by atoms with Crippen LogP contribution in [0.4, 0.5) is 17.6 Å². The summed E-state index contributed by atoms with van der Waals surface area (Å²) in [5.74, 6) is -5.11.